The van der Waals surface area contributed by atoms with Crippen molar-refractivity contribution in [2.45, 2.75) is 180 Å². The number of likely N-dealkylation sites (tertiary alicyclic amines) is 1. The first-order chi connectivity index (χ1) is 22.9. The molecule has 0 saturated carbocycles. The van der Waals surface area contributed by atoms with Crippen molar-refractivity contribution in [3.8, 4) is 0 Å². The molecule has 5 nitrogen and oxygen atoms in total. The highest BCUT2D eigenvalue weighted by Gasteiger charge is 2.45. The topological polar surface area (TPSA) is 52.6 Å². The maximum Gasteiger partial charge on any atom is 0.306 e. The molecule has 1 saturated heterocycles. The Kier molecular flexibility index (Phi) is 27.3. The molecule has 0 aromatic heterocycles. The molecule has 5 heteroatoms. The summed E-state index contributed by atoms with van der Waals surface area (Å²) in [4.78, 5) is 25.2. The summed E-state index contributed by atoms with van der Waals surface area (Å²) in [6, 6.07) is 0. The molecule has 0 amide bonds. The molecule has 0 aliphatic carbocycles. The van der Waals surface area contributed by atoms with E-state index in [2.05, 4.69) is 76.6 Å². The van der Waals surface area contributed by atoms with Gasteiger partial charge < -0.3 is 14.0 Å². The molecule has 1 fully saturated rings. The Morgan fingerprint density at radius 1 is 0.489 bits per heavy atom. The number of allylic oxidation sites excluding steroid dienone is 8. The average molecular weight is 657 g/mol. The van der Waals surface area contributed by atoms with Crippen LogP contribution in [0, 0.1) is 0 Å². The van der Waals surface area contributed by atoms with Gasteiger partial charge >= 0.3 is 11.9 Å². The summed E-state index contributed by atoms with van der Waals surface area (Å²) in [5.74, 6) is -0.310. The number of esters is 2. The average Bonchev–Trinajstić information content (AvgIpc) is 3.32. The van der Waals surface area contributed by atoms with Gasteiger partial charge in [-0.05, 0) is 77.0 Å². The Morgan fingerprint density at radius 3 is 1.17 bits per heavy atom. The lowest BCUT2D eigenvalue weighted by Gasteiger charge is -2.22. The summed E-state index contributed by atoms with van der Waals surface area (Å²) >= 11 is 0. The molecule has 2 atom stereocenters. The summed E-state index contributed by atoms with van der Waals surface area (Å²) in [5, 5.41) is 0. The zero-order valence-electron chi connectivity index (χ0n) is 31.2. The van der Waals surface area contributed by atoms with Crippen LogP contribution in [0.25, 0.3) is 0 Å². The van der Waals surface area contributed by atoms with Gasteiger partial charge in [-0.2, -0.15) is 0 Å². The third-order valence-corrected chi connectivity index (χ3v) is 8.99. The Morgan fingerprint density at radius 2 is 0.809 bits per heavy atom. The standard InChI is InChI=1S/C42H74NO4/c1-5-7-9-11-13-15-17-19-21-23-25-27-29-31-33-35-41(44)46-39-37-43(3,4)38-40(39)47-42(45)36-34-32-30-28-26-24-22-20-18-16-14-12-10-8-6-2/h13-16,19-22,39-40H,5-12,17-18,23-38H2,1-4H3/q+1/b15-13+,16-14+,21-19+,22-20+/t39-,40-/m1/s1. The van der Waals surface area contributed by atoms with Crippen molar-refractivity contribution < 1.29 is 23.5 Å². The molecule has 1 heterocycles. The number of rotatable bonds is 30. The van der Waals surface area contributed by atoms with Gasteiger partial charge in [-0.1, -0.05) is 127 Å². The lowest BCUT2D eigenvalue weighted by atomic mass is 10.1. The van der Waals surface area contributed by atoms with Crippen molar-refractivity contribution in [3.05, 3.63) is 48.6 Å². The summed E-state index contributed by atoms with van der Waals surface area (Å²) in [6.07, 6.45) is 44.1. The molecule has 1 aliphatic heterocycles. The maximum absolute atomic E-state index is 12.6. The van der Waals surface area contributed by atoms with Crippen molar-refractivity contribution in [2.24, 2.45) is 0 Å². The second-order valence-corrected chi connectivity index (χ2v) is 14.3. The molecule has 270 valence electrons. The molecular formula is C42H74NO4+. The number of hydrogen-bond acceptors (Lipinski definition) is 4. The van der Waals surface area contributed by atoms with Crippen molar-refractivity contribution in [3.63, 3.8) is 0 Å². The van der Waals surface area contributed by atoms with Crippen LogP contribution in [-0.4, -0.2) is 55.8 Å². The number of ether oxygens (including phenoxy) is 2. The van der Waals surface area contributed by atoms with Gasteiger partial charge in [0.05, 0.1) is 14.1 Å². The van der Waals surface area contributed by atoms with Gasteiger partial charge in [-0.15, -0.1) is 0 Å². The van der Waals surface area contributed by atoms with E-state index in [4.69, 9.17) is 9.47 Å². The van der Waals surface area contributed by atoms with E-state index in [0.29, 0.717) is 30.4 Å². The minimum absolute atomic E-state index is 0.155. The quantitative estimate of drug-likeness (QED) is 0.0334. The molecule has 0 N–H and O–H groups in total. The second-order valence-electron chi connectivity index (χ2n) is 14.3. The van der Waals surface area contributed by atoms with E-state index < -0.39 is 0 Å². The van der Waals surface area contributed by atoms with Gasteiger partial charge in [-0.3, -0.25) is 9.59 Å². The minimum Gasteiger partial charge on any atom is -0.452 e. The fourth-order valence-corrected chi connectivity index (χ4v) is 6.13. The van der Waals surface area contributed by atoms with E-state index >= 15 is 0 Å². The molecule has 47 heavy (non-hydrogen) atoms. The summed E-state index contributed by atoms with van der Waals surface area (Å²) < 4.78 is 12.4. The Labute approximate surface area is 290 Å². The second kappa shape index (κ2) is 30.0. The SMILES string of the molecule is CCCCC/C=C/C/C=C/CCCCCCCC(=O)O[C@@H]1C[N+](C)(C)C[C@H]1OC(=O)CCCCCCC/C=C/C/C=C/CCCCC. The smallest absolute Gasteiger partial charge is 0.306 e. The molecule has 0 aromatic rings. The van der Waals surface area contributed by atoms with Gasteiger partial charge in [0.15, 0.2) is 12.2 Å². The van der Waals surface area contributed by atoms with Crippen molar-refractivity contribution >= 4 is 11.9 Å². The van der Waals surface area contributed by atoms with Crippen LogP contribution in [0.15, 0.2) is 48.6 Å². The van der Waals surface area contributed by atoms with Gasteiger partial charge in [0.25, 0.3) is 0 Å². The van der Waals surface area contributed by atoms with Crippen molar-refractivity contribution in [1.82, 2.24) is 0 Å². The van der Waals surface area contributed by atoms with Crippen LogP contribution >= 0.6 is 0 Å². The highest BCUT2D eigenvalue weighted by molar-refractivity contribution is 5.70. The lowest BCUT2D eigenvalue weighted by Crippen LogP contribution is -2.38. The largest absolute Gasteiger partial charge is 0.452 e. The zero-order valence-corrected chi connectivity index (χ0v) is 31.2. The normalized spacial score (nSPS) is 18.0. The van der Waals surface area contributed by atoms with E-state index in [0.717, 1.165) is 64.2 Å². The van der Waals surface area contributed by atoms with Crippen LogP contribution in [0.3, 0.4) is 0 Å². The molecular weight excluding hydrogens is 582 g/mol. The molecule has 0 radical (unpaired) electrons. The number of carbonyl (C=O) groups is 2. The van der Waals surface area contributed by atoms with Gasteiger partial charge in [0.1, 0.15) is 13.1 Å². The monoisotopic (exact) mass is 657 g/mol. The molecule has 0 unspecified atom stereocenters. The third kappa shape index (κ3) is 26.5. The van der Waals surface area contributed by atoms with Crippen LogP contribution in [0.1, 0.15) is 168 Å². The van der Waals surface area contributed by atoms with Gasteiger partial charge in [0, 0.05) is 12.8 Å². The van der Waals surface area contributed by atoms with Gasteiger partial charge in [-0.25, -0.2) is 0 Å². The highest BCUT2D eigenvalue weighted by Crippen LogP contribution is 2.23. The summed E-state index contributed by atoms with van der Waals surface area (Å²) in [5.41, 5.74) is 0. The summed E-state index contributed by atoms with van der Waals surface area (Å²) in [7, 11) is 4.21. The van der Waals surface area contributed by atoms with Crippen molar-refractivity contribution in [1.29, 1.82) is 0 Å². The zero-order chi connectivity index (χ0) is 34.3. The van der Waals surface area contributed by atoms with Crippen LogP contribution in [0.4, 0.5) is 0 Å². The van der Waals surface area contributed by atoms with Crippen LogP contribution in [0.2, 0.25) is 0 Å². The van der Waals surface area contributed by atoms with Crippen LogP contribution in [0.5, 0.6) is 0 Å². The van der Waals surface area contributed by atoms with Gasteiger partial charge in [0.2, 0.25) is 0 Å². The van der Waals surface area contributed by atoms with Crippen LogP contribution in [-0.2, 0) is 19.1 Å². The first-order valence-corrected chi connectivity index (χ1v) is 19.7. The molecule has 1 rings (SSSR count). The number of quaternary nitrogens is 1. The maximum atomic E-state index is 12.6. The number of carbonyl (C=O) groups excluding carboxylic acids is 2. The fraction of sp³-hybridized carbons (Fsp3) is 0.762. The van der Waals surface area contributed by atoms with E-state index in [1.165, 1.54) is 77.0 Å². The Hall–Kier alpha value is -2.14. The number of hydrogen-bond donors (Lipinski definition) is 0. The summed E-state index contributed by atoms with van der Waals surface area (Å²) in [6.45, 7) is 5.87. The molecule has 0 aromatic carbocycles. The van der Waals surface area contributed by atoms with E-state index in [-0.39, 0.29) is 24.1 Å². The predicted molar refractivity (Wildman–Crippen MR) is 200 cm³/mol. The first-order valence-electron chi connectivity index (χ1n) is 19.7. The Bertz CT molecular complexity index is 817. The first kappa shape index (κ1) is 42.9. The third-order valence-electron chi connectivity index (χ3n) is 8.99. The number of unbranched alkanes of at least 4 members (excludes halogenated alkanes) is 16. The van der Waals surface area contributed by atoms with E-state index in [1.54, 1.807) is 0 Å². The number of nitrogens with zero attached hydrogens (tertiary/aromatic N) is 1. The van der Waals surface area contributed by atoms with E-state index in [9.17, 15) is 9.59 Å². The van der Waals surface area contributed by atoms with Crippen molar-refractivity contribution in [2.75, 3.05) is 27.2 Å². The molecule has 0 bridgehead atoms. The fourth-order valence-electron chi connectivity index (χ4n) is 6.13. The highest BCUT2D eigenvalue weighted by atomic mass is 16.6. The van der Waals surface area contributed by atoms with Crippen LogP contribution < -0.4 is 0 Å². The number of likely N-dealkylation sites (N-methyl/N-ethyl adjacent to an activating group) is 1. The molecule has 1 aliphatic rings. The minimum atomic E-state index is -0.343. The van der Waals surface area contributed by atoms with E-state index in [1.807, 2.05) is 0 Å². The molecule has 0 spiro atoms. The lowest BCUT2D eigenvalue weighted by molar-refractivity contribution is -0.880. The predicted octanol–water partition coefficient (Wildman–Crippen LogP) is 11.5. The Balaban J connectivity index is 2.10.